The summed E-state index contributed by atoms with van der Waals surface area (Å²) >= 11 is 0. The minimum atomic E-state index is -0.581. The molecule has 2 aliphatic heterocycles. The van der Waals surface area contributed by atoms with Crippen molar-refractivity contribution in [2.75, 3.05) is 0 Å². The molecule has 0 aromatic rings. The van der Waals surface area contributed by atoms with Crippen LogP contribution in [-0.2, 0) is 19.1 Å². The van der Waals surface area contributed by atoms with Gasteiger partial charge in [0.1, 0.15) is 11.9 Å². The van der Waals surface area contributed by atoms with Crippen LogP contribution in [0.15, 0.2) is 11.6 Å². The van der Waals surface area contributed by atoms with Gasteiger partial charge in [0.15, 0.2) is 0 Å². The zero-order valence-corrected chi connectivity index (χ0v) is 26.8. The van der Waals surface area contributed by atoms with Crippen LogP contribution >= 0.6 is 0 Å². The Hall–Kier alpha value is -1.28. The number of ketones is 1. The van der Waals surface area contributed by atoms with E-state index in [9.17, 15) is 24.9 Å². The maximum absolute atomic E-state index is 12.2. The molecule has 1 saturated heterocycles. The van der Waals surface area contributed by atoms with Crippen molar-refractivity contribution in [1.82, 2.24) is 0 Å². The number of Topliss-reactive ketones (excluding diaryl/α,β-unsaturated/α-hetero) is 1. The molecule has 0 amide bonds. The number of ether oxygens (including phenoxy) is 2. The van der Waals surface area contributed by atoms with Gasteiger partial charge in [-0.3, -0.25) is 4.79 Å². The summed E-state index contributed by atoms with van der Waals surface area (Å²) in [5.74, 6) is -0.0860. The zero-order chi connectivity index (χ0) is 30.6. The molecule has 7 nitrogen and oxygen atoms in total. The number of esters is 1. The van der Waals surface area contributed by atoms with E-state index in [2.05, 4.69) is 6.92 Å². The summed E-state index contributed by atoms with van der Waals surface area (Å²) in [6.45, 7) is 4.05. The molecule has 2 rings (SSSR count). The third-order valence-corrected chi connectivity index (χ3v) is 8.94. The molecule has 2 aliphatic rings. The fraction of sp³-hybridized carbons (Fsp3) is 0.886. The molecule has 42 heavy (non-hydrogen) atoms. The maximum atomic E-state index is 12.2. The van der Waals surface area contributed by atoms with Gasteiger partial charge < -0.3 is 24.8 Å². The number of hydrogen-bond acceptors (Lipinski definition) is 7. The Morgan fingerprint density at radius 3 is 1.76 bits per heavy atom. The Labute approximate surface area is 255 Å². The van der Waals surface area contributed by atoms with Crippen LogP contribution in [0.4, 0.5) is 0 Å². The lowest BCUT2D eigenvalue weighted by atomic mass is 9.99. The standard InChI is InChI=1S/C35H62O7/c1-3-4-5-6-7-8-9-10-11-14-21-31(38)33-23-24-34(42-33)32(39)22-15-12-13-18-29(36)19-16-17-20-30(37)26-28-25-27(2)41-35(28)40/h25,27,30-34,37-39H,3-24,26H2,1-2H3/t27-,30+,31+,32+,33+,34+/m0/s1. The van der Waals surface area contributed by atoms with E-state index in [1.165, 1.54) is 57.8 Å². The Morgan fingerprint density at radius 2 is 1.24 bits per heavy atom. The minimum absolute atomic E-state index is 0.151. The molecule has 7 heteroatoms. The van der Waals surface area contributed by atoms with Gasteiger partial charge in [0, 0.05) is 24.8 Å². The molecule has 0 bridgehead atoms. The molecule has 0 aromatic carbocycles. The fourth-order valence-corrected chi connectivity index (χ4v) is 6.28. The van der Waals surface area contributed by atoms with Crippen molar-refractivity contribution in [2.24, 2.45) is 0 Å². The van der Waals surface area contributed by atoms with Crippen LogP contribution in [0.3, 0.4) is 0 Å². The van der Waals surface area contributed by atoms with Crippen molar-refractivity contribution in [3.05, 3.63) is 11.6 Å². The van der Waals surface area contributed by atoms with E-state index in [-0.39, 0.29) is 30.1 Å². The van der Waals surface area contributed by atoms with Gasteiger partial charge in [-0.05, 0) is 57.9 Å². The van der Waals surface area contributed by atoms with Crippen LogP contribution in [0.2, 0.25) is 0 Å². The van der Waals surface area contributed by atoms with E-state index in [4.69, 9.17) is 9.47 Å². The summed E-state index contributed by atoms with van der Waals surface area (Å²) in [6.07, 6.45) is 21.7. The lowest BCUT2D eigenvalue weighted by molar-refractivity contribution is -0.139. The molecule has 3 N–H and O–H groups in total. The van der Waals surface area contributed by atoms with E-state index in [1.54, 1.807) is 13.0 Å². The smallest absolute Gasteiger partial charge is 0.334 e. The van der Waals surface area contributed by atoms with Gasteiger partial charge in [-0.2, -0.15) is 0 Å². The van der Waals surface area contributed by atoms with Gasteiger partial charge >= 0.3 is 5.97 Å². The Morgan fingerprint density at radius 1 is 0.762 bits per heavy atom. The molecule has 6 atom stereocenters. The number of aliphatic hydroxyl groups excluding tert-OH is 3. The largest absolute Gasteiger partial charge is 0.455 e. The first-order valence-electron chi connectivity index (χ1n) is 17.4. The Balaban J connectivity index is 1.41. The highest BCUT2D eigenvalue weighted by molar-refractivity contribution is 5.90. The number of aliphatic hydroxyl groups is 3. The SMILES string of the molecule is CCCCCCCCCCCC[C@@H](O)[C@H]1CC[C@H]([C@H](O)CCCCCC(=O)CCCC[C@@H](O)CC2=C[C@H](C)OC2=O)O1. The summed E-state index contributed by atoms with van der Waals surface area (Å²) in [4.78, 5) is 23.9. The van der Waals surface area contributed by atoms with Crippen LogP contribution in [0.1, 0.15) is 162 Å². The molecule has 2 heterocycles. The second-order valence-corrected chi connectivity index (χ2v) is 12.9. The van der Waals surface area contributed by atoms with Crippen molar-refractivity contribution in [3.63, 3.8) is 0 Å². The molecule has 0 radical (unpaired) electrons. The fourth-order valence-electron chi connectivity index (χ4n) is 6.28. The summed E-state index contributed by atoms with van der Waals surface area (Å²) in [7, 11) is 0. The Bertz CT molecular complexity index is 766. The van der Waals surface area contributed by atoms with Gasteiger partial charge in [0.2, 0.25) is 0 Å². The van der Waals surface area contributed by atoms with Crippen molar-refractivity contribution in [1.29, 1.82) is 0 Å². The van der Waals surface area contributed by atoms with Crippen molar-refractivity contribution in [3.8, 4) is 0 Å². The van der Waals surface area contributed by atoms with Crippen LogP contribution in [0.25, 0.3) is 0 Å². The predicted molar refractivity (Wildman–Crippen MR) is 167 cm³/mol. The van der Waals surface area contributed by atoms with Crippen molar-refractivity contribution < 1.29 is 34.4 Å². The third-order valence-electron chi connectivity index (χ3n) is 8.94. The average molecular weight is 595 g/mol. The first kappa shape index (κ1) is 36.9. The number of carbonyl (C=O) groups excluding carboxylic acids is 2. The number of carbonyl (C=O) groups is 2. The molecule has 0 unspecified atom stereocenters. The van der Waals surface area contributed by atoms with E-state index in [0.29, 0.717) is 37.7 Å². The monoisotopic (exact) mass is 594 g/mol. The number of cyclic esters (lactones) is 1. The normalized spacial score (nSPS) is 22.6. The van der Waals surface area contributed by atoms with Crippen molar-refractivity contribution >= 4 is 11.8 Å². The molecular weight excluding hydrogens is 532 g/mol. The average Bonchev–Trinajstić information content (AvgIpc) is 3.58. The van der Waals surface area contributed by atoms with E-state index < -0.39 is 18.3 Å². The van der Waals surface area contributed by atoms with Crippen LogP contribution in [-0.4, -0.2) is 63.7 Å². The molecule has 244 valence electrons. The topological polar surface area (TPSA) is 113 Å². The van der Waals surface area contributed by atoms with E-state index in [1.807, 2.05) is 0 Å². The maximum Gasteiger partial charge on any atom is 0.334 e. The Kier molecular flexibility index (Phi) is 19.6. The minimum Gasteiger partial charge on any atom is -0.455 e. The summed E-state index contributed by atoms with van der Waals surface area (Å²) in [5, 5.41) is 31.3. The second kappa shape index (κ2) is 22.3. The summed E-state index contributed by atoms with van der Waals surface area (Å²) in [5.41, 5.74) is 0.549. The summed E-state index contributed by atoms with van der Waals surface area (Å²) in [6, 6.07) is 0. The number of hydrogen-bond donors (Lipinski definition) is 3. The zero-order valence-electron chi connectivity index (χ0n) is 26.8. The lowest BCUT2D eigenvalue weighted by Gasteiger charge is -2.22. The highest BCUT2D eigenvalue weighted by Crippen LogP contribution is 2.28. The van der Waals surface area contributed by atoms with Crippen LogP contribution in [0.5, 0.6) is 0 Å². The molecular formula is C35H62O7. The predicted octanol–water partition coefficient (Wildman–Crippen LogP) is 7.27. The molecule has 0 saturated carbocycles. The molecule has 0 spiro atoms. The van der Waals surface area contributed by atoms with Crippen molar-refractivity contribution in [2.45, 2.75) is 198 Å². The first-order valence-corrected chi connectivity index (χ1v) is 17.4. The van der Waals surface area contributed by atoms with Gasteiger partial charge in [-0.1, -0.05) is 90.4 Å². The quantitative estimate of drug-likeness (QED) is 0.0713. The number of rotatable bonds is 26. The molecule has 0 aromatic heterocycles. The van der Waals surface area contributed by atoms with Crippen LogP contribution in [0, 0.1) is 0 Å². The summed E-state index contributed by atoms with van der Waals surface area (Å²) < 4.78 is 11.1. The third kappa shape index (κ3) is 16.0. The first-order chi connectivity index (χ1) is 20.3. The molecule has 1 fully saturated rings. The van der Waals surface area contributed by atoms with E-state index >= 15 is 0 Å². The van der Waals surface area contributed by atoms with Gasteiger partial charge in [-0.25, -0.2) is 4.79 Å². The second-order valence-electron chi connectivity index (χ2n) is 12.9. The highest BCUT2D eigenvalue weighted by Gasteiger charge is 2.34. The number of unbranched alkanes of at least 4 members (excludes halogenated alkanes) is 12. The lowest BCUT2D eigenvalue weighted by Crippen LogP contribution is -2.31. The van der Waals surface area contributed by atoms with Gasteiger partial charge in [0.05, 0.1) is 30.5 Å². The van der Waals surface area contributed by atoms with Gasteiger partial charge in [0.25, 0.3) is 0 Å². The highest BCUT2D eigenvalue weighted by atomic mass is 16.5. The van der Waals surface area contributed by atoms with E-state index in [0.717, 1.165) is 57.8 Å². The van der Waals surface area contributed by atoms with Gasteiger partial charge in [-0.15, -0.1) is 0 Å². The van der Waals surface area contributed by atoms with Crippen LogP contribution < -0.4 is 0 Å². The molecule has 0 aliphatic carbocycles.